The quantitative estimate of drug-likeness (QED) is 0.830. The maximum atomic E-state index is 12.7. The molecule has 1 aromatic carbocycles. The Kier molecular flexibility index (Phi) is 4.36. The van der Waals surface area contributed by atoms with Gasteiger partial charge < -0.3 is 14.4 Å². The van der Waals surface area contributed by atoms with Gasteiger partial charge in [0.1, 0.15) is 17.0 Å². The van der Waals surface area contributed by atoms with Gasteiger partial charge in [0.05, 0.1) is 25.6 Å². The van der Waals surface area contributed by atoms with E-state index in [0.717, 1.165) is 36.3 Å². The van der Waals surface area contributed by atoms with Crippen molar-refractivity contribution in [1.82, 2.24) is 14.9 Å². The number of nitrogens with zero attached hydrogens (tertiary/aromatic N) is 3. The molecule has 6 nitrogen and oxygen atoms in total. The van der Waals surface area contributed by atoms with Crippen LogP contribution in [0.2, 0.25) is 0 Å². The smallest absolute Gasteiger partial charge is 0.274 e. The average molecular weight is 353 g/mol. The molecule has 0 atom stereocenters. The number of fused-ring (bicyclic) bond motifs is 2. The number of hydrogen-bond donors (Lipinski definition) is 0. The van der Waals surface area contributed by atoms with E-state index in [-0.39, 0.29) is 11.5 Å². The zero-order valence-electron chi connectivity index (χ0n) is 15.2. The average Bonchev–Trinajstić information content (AvgIpc) is 2.68. The first-order chi connectivity index (χ1) is 12.6. The molecule has 0 N–H and O–H groups in total. The number of aromatic nitrogens is 2. The van der Waals surface area contributed by atoms with Gasteiger partial charge in [-0.2, -0.15) is 0 Å². The molecule has 1 aromatic heterocycles. The van der Waals surface area contributed by atoms with Crippen molar-refractivity contribution in [3.63, 3.8) is 0 Å². The second-order valence-corrected chi connectivity index (χ2v) is 6.92. The number of carbonyl (C=O) groups is 1. The monoisotopic (exact) mass is 353 g/mol. The fourth-order valence-corrected chi connectivity index (χ4v) is 4.03. The second-order valence-electron chi connectivity index (χ2n) is 6.92. The summed E-state index contributed by atoms with van der Waals surface area (Å²) < 4.78 is 11.9. The molecule has 2 aliphatic heterocycles. The van der Waals surface area contributed by atoms with E-state index in [4.69, 9.17) is 9.47 Å². The van der Waals surface area contributed by atoms with Crippen molar-refractivity contribution in [3.8, 4) is 5.75 Å². The van der Waals surface area contributed by atoms with E-state index in [1.807, 2.05) is 24.0 Å². The summed E-state index contributed by atoms with van der Waals surface area (Å²) in [5.74, 6) is 0.815. The fraction of sp³-hybridized carbons (Fsp3) is 0.450. The molecule has 2 aromatic rings. The van der Waals surface area contributed by atoms with E-state index in [0.29, 0.717) is 25.4 Å². The summed E-state index contributed by atoms with van der Waals surface area (Å²) in [6.45, 7) is 3.83. The molecule has 0 radical (unpaired) electrons. The highest BCUT2D eigenvalue weighted by molar-refractivity contribution is 5.92. The van der Waals surface area contributed by atoms with Crippen LogP contribution in [0.4, 0.5) is 0 Å². The third-order valence-electron chi connectivity index (χ3n) is 5.40. The van der Waals surface area contributed by atoms with Crippen LogP contribution in [0, 0.1) is 6.92 Å². The maximum Gasteiger partial charge on any atom is 0.274 e. The van der Waals surface area contributed by atoms with E-state index >= 15 is 0 Å². The van der Waals surface area contributed by atoms with Gasteiger partial charge >= 0.3 is 0 Å². The molecular weight excluding hydrogens is 330 g/mol. The van der Waals surface area contributed by atoms with Gasteiger partial charge in [-0.25, -0.2) is 4.98 Å². The predicted molar refractivity (Wildman–Crippen MR) is 96.2 cm³/mol. The van der Waals surface area contributed by atoms with Crippen LogP contribution in [0.25, 0.3) is 0 Å². The number of ether oxygens (including phenoxy) is 2. The summed E-state index contributed by atoms with van der Waals surface area (Å²) in [6.07, 6.45) is 5.59. The molecule has 4 rings (SSSR count). The zero-order valence-corrected chi connectivity index (χ0v) is 15.2. The first-order valence-corrected chi connectivity index (χ1v) is 9.01. The summed E-state index contributed by atoms with van der Waals surface area (Å²) in [5, 5.41) is 0. The van der Waals surface area contributed by atoms with E-state index in [9.17, 15) is 4.79 Å². The summed E-state index contributed by atoms with van der Waals surface area (Å²) >= 11 is 0. The van der Waals surface area contributed by atoms with Crippen molar-refractivity contribution in [2.45, 2.75) is 31.8 Å². The van der Waals surface area contributed by atoms with E-state index in [1.54, 1.807) is 19.5 Å². The highest BCUT2D eigenvalue weighted by atomic mass is 16.5. The summed E-state index contributed by atoms with van der Waals surface area (Å²) in [7, 11) is 1.70. The molecule has 26 heavy (non-hydrogen) atoms. The molecule has 3 heterocycles. The van der Waals surface area contributed by atoms with Crippen LogP contribution in [-0.4, -0.2) is 47.6 Å². The maximum absolute atomic E-state index is 12.7. The molecule has 1 fully saturated rings. The van der Waals surface area contributed by atoms with Gasteiger partial charge in [0, 0.05) is 24.8 Å². The lowest BCUT2D eigenvalue weighted by Gasteiger charge is -2.45. The van der Waals surface area contributed by atoms with Crippen LogP contribution in [0.1, 0.15) is 40.2 Å². The van der Waals surface area contributed by atoms with Crippen LogP contribution in [0.5, 0.6) is 5.75 Å². The molecule has 0 saturated carbocycles. The number of benzene rings is 1. The van der Waals surface area contributed by atoms with E-state index < -0.39 is 0 Å². The largest absolute Gasteiger partial charge is 0.496 e. The number of carbonyl (C=O) groups excluding carboxylic acids is 1. The van der Waals surface area contributed by atoms with Crippen LogP contribution in [0.15, 0.2) is 30.6 Å². The molecule has 1 saturated heterocycles. The van der Waals surface area contributed by atoms with Crippen LogP contribution in [0.3, 0.4) is 0 Å². The molecule has 1 amide bonds. The van der Waals surface area contributed by atoms with Crippen LogP contribution in [-0.2, 0) is 16.8 Å². The fourth-order valence-electron chi connectivity index (χ4n) is 4.03. The van der Waals surface area contributed by atoms with E-state index in [2.05, 4.69) is 16.0 Å². The van der Waals surface area contributed by atoms with Gasteiger partial charge in [-0.1, -0.05) is 12.1 Å². The lowest BCUT2D eigenvalue weighted by molar-refractivity contribution is -0.0947. The number of methoxy groups -OCH3 is 1. The van der Waals surface area contributed by atoms with Gasteiger partial charge in [0.15, 0.2) is 0 Å². The lowest BCUT2D eigenvalue weighted by Crippen LogP contribution is -2.48. The second kappa shape index (κ2) is 6.68. The zero-order chi connectivity index (χ0) is 18.1. The normalized spacial score (nSPS) is 18.5. The van der Waals surface area contributed by atoms with Gasteiger partial charge in [0.2, 0.25) is 0 Å². The van der Waals surface area contributed by atoms with Crippen molar-refractivity contribution in [2.75, 3.05) is 26.8 Å². The lowest BCUT2D eigenvalue weighted by atomic mass is 9.78. The molecule has 2 aliphatic rings. The van der Waals surface area contributed by atoms with Crippen LogP contribution < -0.4 is 4.74 Å². The Balaban J connectivity index is 1.56. The number of amides is 1. The Morgan fingerprint density at radius 2 is 2.04 bits per heavy atom. The SMILES string of the molecule is COc1cccc2c1C1(CCN(C(=O)c3cnc(C)cn3)CC1)OCC2. The minimum absolute atomic E-state index is 0.0663. The van der Waals surface area contributed by atoms with Crippen molar-refractivity contribution < 1.29 is 14.3 Å². The van der Waals surface area contributed by atoms with Gasteiger partial charge in [0.25, 0.3) is 5.91 Å². The molecule has 0 unspecified atom stereocenters. The van der Waals surface area contributed by atoms with E-state index in [1.165, 1.54) is 5.56 Å². The van der Waals surface area contributed by atoms with Crippen molar-refractivity contribution in [2.24, 2.45) is 0 Å². The molecule has 136 valence electrons. The Morgan fingerprint density at radius 1 is 1.23 bits per heavy atom. The Morgan fingerprint density at radius 3 is 2.73 bits per heavy atom. The molecule has 6 heteroatoms. The topological polar surface area (TPSA) is 64.5 Å². The number of aryl methyl sites for hydroxylation is 1. The minimum atomic E-state index is -0.365. The third-order valence-corrected chi connectivity index (χ3v) is 5.40. The summed E-state index contributed by atoms with van der Waals surface area (Å²) in [4.78, 5) is 22.9. The van der Waals surface area contributed by atoms with Gasteiger partial charge in [-0.15, -0.1) is 0 Å². The van der Waals surface area contributed by atoms with Crippen molar-refractivity contribution >= 4 is 5.91 Å². The standard InChI is InChI=1S/C20H23N3O3/c1-14-12-22-16(13-21-14)19(24)23-9-7-20(8-10-23)18-15(6-11-26-20)4-3-5-17(18)25-2/h3-5,12-13H,6-11H2,1-2H3. The van der Waals surface area contributed by atoms with Gasteiger partial charge in [-0.05, 0) is 37.8 Å². The predicted octanol–water partition coefficient (Wildman–Crippen LogP) is 2.50. The minimum Gasteiger partial charge on any atom is -0.496 e. The number of hydrogen-bond acceptors (Lipinski definition) is 5. The molecule has 0 aliphatic carbocycles. The Bertz CT molecular complexity index is 797. The highest BCUT2D eigenvalue weighted by Gasteiger charge is 2.43. The Hall–Kier alpha value is -2.47. The van der Waals surface area contributed by atoms with Crippen LogP contribution >= 0.6 is 0 Å². The number of rotatable bonds is 2. The number of likely N-dealkylation sites (tertiary alicyclic amines) is 1. The first-order valence-electron chi connectivity index (χ1n) is 9.01. The first kappa shape index (κ1) is 17.0. The van der Waals surface area contributed by atoms with Gasteiger partial charge in [-0.3, -0.25) is 9.78 Å². The highest BCUT2D eigenvalue weighted by Crippen LogP contribution is 2.45. The molecule has 0 bridgehead atoms. The van der Waals surface area contributed by atoms with Crippen molar-refractivity contribution in [1.29, 1.82) is 0 Å². The number of piperidine rings is 1. The molecule has 1 spiro atoms. The summed E-state index contributed by atoms with van der Waals surface area (Å²) in [5.41, 5.74) is 3.29. The van der Waals surface area contributed by atoms with Crippen molar-refractivity contribution in [3.05, 3.63) is 53.1 Å². The summed E-state index contributed by atoms with van der Waals surface area (Å²) in [6, 6.07) is 6.18. The Labute approximate surface area is 153 Å². The molecular formula is C20H23N3O3. The third kappa shape index (κ3) is 2.84.